The molecule has 10 aromatic rings. The first-order valence-corrected chi connectivity index (χ1v) is 24.2. The summed E-state index contributed by atoms with van der Waals surface area (Å²) in [6, 6.07) is 59.9. The van der Waals surface area contributed by atoms with Gasteiger partial charge in [0.2, 0.25) is 0 Å². The molecule has 0 amide bonds. The Morgan fingerprint density at radius 1 is 0.529 bits per heavy atom. The van der Waals surface area contributed by atoms with E-state index >= 15 is 0 Å². The van der Waals surface area contributed by atoms with Crippen molar-refractivity contribution >= 4 is 11.0 Å². The molecule has 0 bridgehead atoms. The zero-order chi connectivity index (χ0) is 53.8. The second kappa shape index (κ2) is 18.6. The van der Waals surface area contributed by atoms with Crippen LogP contribution < -0.4 is 0 Å². The summed E-state index contributed by atoms with van der Waals surface area (Å²) in [5.41, 5.74) is 16.0. The molecule has 1 N–H and O–H groups in total. The van der Waals surface area contributed by atoms with Crippen LogP contribution in [0.3, 0.4) is 0 Å². The Morgan fingerprint density at radius 2 is 1.20 bits per heavy atom. The van der Waals surface area contributed by atoms with Gasteiger partial charge in [0.1, 0.15) is 11.6 Å². The molecule has 10 rings (SSSR count). The highest BCUT2D eigenvalue weighted by Gasteiger charge is 2.26. The number of fused-ring (bicyclic) bond motifs is 1. The van der Waals surface area contributed by atoms with Crippen molar-refractivity contribution in [3.05, 3.63) is 216 Å². The Balaban J connectivity index is 1.24. The molecule has 4 nitrogen and oxygen atoms in total. The minimum atomic E-state index is -2.58. The van der Waals surface area contributed by atoms with Gasteiger partial charge in [-0.15, -0.1) is 0 Å². The molecule has 2 aromatic heterocycles. The summed E-state index contributed by atoms with van der Waals surface area (Å²) in [7, 11) is 0. The summed E-state index contributed by atoms with van der Waals surface area (Å²) in [6.45, 7) is 10.1. The molecule has 2 heterocycles. The summed E-state index contributed by atoms with van der Waals surface area (Å²) in [4.78, 5) is 10.4. The summed E-state index contributed by atoms with van der Waals surface area (Å²) < 4.78 is 53.5. The maximum atomic E-state index is 12.5. The van der Waals surface area contributed by atoms with Crippen molar-refractivity contribution in [3.8, 4) is 89.7 Å². The summed E-state index contributed by atoms with van der Waals surface area (Å²) >= 11 is 0. The fourth-order valence-corrected chi connectivity index (χ4v) is 9.77. The zero-order valence-electron chi connectivity index (χ0n) is 46.8. The quantitative estimate of drug-likeness (QED) is 0.149. The van der Waals surface area contributed by atoms with E-state index in [2.05, 4.69) is 115 Å². The predicted octanol–water partition coefficient (Wildman–Crippen LogP) is 18.0. The first-order valence-electron chi connectivity index (χ1n) is 27.2. The van der Waals surface area contributed by atoms with Gasteiger partial charge in [-0.05, 0) is 158 Å². The number of phenols is 1. The van der Waals surface area contributed by atoms with E-state index in [-0.39, 0.29) is 34.1 Å². The smallest absolute Gasteiger partial charge is 0.149 e. The largest absolute Gasteiger partial charge is 0.507 e. The number of hydrogen-bond donors (Lipinski definition) is 1. The standard InChI is InChI=1S/C66H61N3O/c1-41(2)50-38-56(42(3)4)64(70)57(39-50)65-68-63-55(52-35-51(45-18-12-10-13-19-45)36-53(37-52)59-40-48(32-33-67-59)46-28-26-43(5)27-29-46)23-17-25-61(63)69(65)60-31-30-49(34-44(60)6)62-54(47-20-14-11-15-21-47)22-16-24-58(62)66(7,8)9/h10-42,70H,1-9H3/i5D3,6D3. The van der Waals surface area contributed by atoms with Gasteiger partial charge in [-0.2, -0.15) is 0 Å². The van der Waals surface area contributed by atoms with Gasteiger partial charge in [-0.3, -0.25) is 9.55 Å². The van der Waals surface area contributed by atoms with E-state index in [1.165, 1.54) is 0 Å². The molecule has 0 saturated carbocycles. The maximum absolute atomic E-state index is 12.5. The van der Waals surface area contributed by atoms with E-state index in [0.29, 0.717) is 28.1 Å². The molecule has 0 aliphatic heterocycles. The third-order valence-corrected chi connectivity index (χ3v) is 13.5. The molecule has 0 radical (unpaired) electrons. The van der Waals surface area contributed by atoms with E-state index in [0.717, 1.165) is 83.6 Å². The van der Waals surface area contributed by atoms with Crippen LogP contribution in [0.5, 0.6) is 5.75 Å². The lowest BCUT2D eigenvalue weighted by Gasteiger charge is -2.26. The van der Waals surface area contributed by atoms with Crippen LogP contribution in [0.4, 0.5) is 0 Å². The number of aromatic nitrogens is 3. The van der Waals surface area contributed by atoms with E-state index in [1.54, 1.807) is 18.3 Å². The number of phenolic OH excluding ortho intramolecular Hbond substituents is 1. The van der Waals surface area contributed by atoms with E-state index in [4.69, 9.17) is 14.1 Å². The molecule has 0 aliphatic rings. The number of aromatic hydroxyl groups is 1. The lowest BCUT2D eigenvalue weighted by atomic mass is 9.78. The second-order valence-corrected chi connectivity index (χ2v) is 20.0. The van der Waals surface area contributed by atoms with Crippen molar-refractivity contribution < 1.29 is 13.3 Å². The van der Waals surface area contributed by atoms with Crippen molar-refractivity contribution in [1.29, 1.82) is 0 Å². The van der Waals surface area contributed by atoms with Gasteiger partial charge in [0, 0.05) is 25.5 Å². The minimum absolute atomic E-state index is 0.0236. The van der Waals surface area contributed by atoms with Crippen LogP contribution in [0.1, 0.15) is 96.3 Å². The zero-order valence-corrected chi connectivity index (χ0v) is 40.8. The number of aryl methyl sites for hydroxylation is 2. The highest BCUT2D eigenvalue weighted by Crippen LogP contribution is 2.45. The number of imidazole rings is 1. The van der Waals surface area contributed by atoms with E-state index in [9.17, 15) is 9.22 Å². The predicted molar refractivity (Wildman–Crippen MR) is 295 cm³/mol. The Morgan fingerprint density at radius 3 is 1.90 bits per heavy atom. The van der Waals surface area contributed by atoms with Gasteiger partial charge in [0.05, 0.1) is 28.0 Å². The lowest BCUT2D eigenvalue weighted by molar-refractivity contribution is 0.466. The van der Waals surface area contributed by atoms with Crippen LogP contribution in [-0.2, 0) is 5.41 Å². The molecule has 0 spiro atoms. The molecule has 0 fully saturated rings. The number of para-hydroxylation sites is 1. The molecule has 4 heteroatoms. The molecule has 8 aromatic carbocycles. The van der Waals surface area contributed by atoms with Crippen LogP contribution in [0, 0.1) is 13.7 Å². The molecule has 346 valence electrons. The molecular weight excluding hydrogens is 851 g/mol. The number of benzene rings is 8. The number of hydrogen-bond acceptors (Lipinski definition) is 3. The molecule has 70 heavy (non-hydrogen) atoms. The van der Waals surface area contributed by atoms with Crippen molar-refractivity contribution in [3.63, 3.8) is 0 Å². The van der Waals surface area contributed by atoms with Gasteiger partial charge in [-0.1, -0.05) is 181 Å². The fourth-order valence-electron chi connectivity index (χ4n) is 9.77. The molecule has 0 atom stereocenters. The molecular formula is C66H61N3O. The van der Waals surface area contributed by atoms with Crippen LogP contribution in [0.15, 0.2) is 188 Å². The highest BCUT2D eigenvalue weighted by atomic mass is 16.3. The Labute approximate surface area is 422 Å². The topological polar surface area (TPSA) is 50.9 Å². The SMILES string of the molecule is [2H]C([2H])([2H])c1ccc(-c2ccnc(-c3cc(-c4ccccc4)cc(-c4cccc5c4nc(-c4cc(C(C)C)cc(C(C)C)c4O)n5-c4ccc(-c5c(-c6ccccc6)cccc5C(C)(C)C)cc4C([2H])([2H])[2H])c3)c2)cc1. The third kappa shape index (κ3) is 8.75. The van der Waals surface area contributed by atoms with Crippen LogP contribution in [0.25, 0.3) is 95.0 Å². The van der Waals surface area contributed by atoms with E-state index in [1.807, 2.05) is 108 Å². The Bertz CT molecular complexity index is 3770. The van der Waals surface area contributed by atoms with Crippen LogP contribution in [0.2, 0.25) is 0 Å². The number of rotatable bonds is 10. The lowest BCUT2D eigenvalue weighted by Crippen LogP contribution is -2.13. The number of nitrogens with zero attached hydrogens (tertiary/aromatic N) is 3. The summed E-state index contributed by atoms with van der Waals surface area (Å²) in [5, 5.41) is 12.5. The highest BCUT2D eigenvalue weighted by molar-refractivity contribution is 5.98. The first kappa shape index (κ1) is 39.1. The second-order valence-electron chi connectivity index (χ2n) is 20.0. The minimum Gasteiger partial charge on any atom is -0.507 e. The van der Waals surface area contributed by atoms with Crippen molar-refractivity contribution in [2.45, 2.75) is 79.4 Å². The Kier molecular flexibility index (Phi) is 10.4. The maximum Gasteiger partial charge on any atom is 0.149 e. The van der Waals surface area contributed by atoms with Crippen molar-refractivity contribution in [1.82, 2.24) is 14.5 Å². The van der Waals surface area contributed by atoms with Gasteiger partial charge >= 0.3 is 0 Å². The van der Waals surface area contributed by atoms with Crippen molar-refractivity contribution in [2.75, 3.05) is 0 Å². The fraction of sp³-hybridized carbons (Fsp3) is 0.182. The van der Waals surface area contributed by atoms with Crippen LogP contribution >= 0.6 is 0 Å². The Hall–Kier alpha value is -7.82. The van der Waals surface area contributed by atoms with Gasteiger partial charge in [0.15, 0.2) is 0 Å². The van der Waals surface area contributed by atoms with Crippen molar-refractivity contribution in [2.24, 2.45) is 0 Å². The van der Waals surface area contributed by atoms with Gasteiger partial charge < -0.3 is 5.11 Å². The average molecular weight is 918 g/mol. The average Bonchev–Trinajstić information content (AvgIpc) is 3.88. The molecule has 0 unspecified atom stereocenters. The summed E-state index contributed by atoms with van der Waals surface area (Å²) in [6.07, 6.45) is 1.77. The normalized spacial score (nSPS) is 13.4. The first-order chi connectivity index (χ1) is 36.2. The molecule has 0 saturated heterocycles. The van der Waals surface area contributed by atoms with Gasteiger partial charge in [0.25, 0.3) is 0 Å². The third-order valence-electron chi connectivity index (χ3n) is 13.5. The molecule has 0 aliphatic carbocycles. The summed E-state index contributed by atoms with van der Waals surface area (Å²) in [5.74, 6) is 0.609. The van der Waals surface area contributed by atoms with Crippen LogP contribution in [-0.4, -0.2) is 19.6 Å². The van der Waals surface area contributed by atoms with Gasteiger partial charge in [-0.25, -0.2) is 4.98 Å². The monoisotopic (exact) mass is 918 g/mol. The number of pyridine rings is 1. The van der Waals surface area contributed by atoms with E-state index < -0.39 is 13.7 Å².